The zero-order valence-electron chi connectivity index (χ0n) is 65.8. The highest BCUT2D eigenvalue weighted by Crippen LogP contribution is 2.45. The lowest BCUT2D eigenvalue weighted by Gasteiger charge is -2.21. The van der Waals surface area contributed by atoms with Crippen LogP contribution in [0.2, 0.25) is 0 Å². The van der Waals surface area contributed by atoms with Crippen LogP contribution in [0.25, 0.3) is 0 Å². The lowest BCUT2D eigenvalue weighted by Crippen LogP contribution is -2.30. The molecule has 0 fully saturated rings. The van der Waals surface area contributed by atoms with E-state index in [-0.39, 0.29) is 25.7 Å². The summed E-state index contributed by atoms with van der Waals surface area (Å²) in [5.74, 6) is -2.35. The first-order valence-electron chi connectivity index (χ1n) is 40.4. The standard InChI is InChI=1S/C87H142O17P2/c1-5-9-13-17-21-25-29-33-36-38-40-42-45-49-52-56-60-64-68-72-85(90)98-78-83(104-87(92)74-70-66-62-58-54-50-46-43-41-39-37-34-30-26-22-18-14-10-6-2)80-102-106(95,96)100-76-81(88)75-99-105(93,94)101-79-82(103-86(91)73-69-65-61-57-53-47-32-28-24-20-16-12-8-4)77-97-84(89)71-67-63-59-55-51-48-44-35-31-27-23-19-15-11-7-3/h9,11,13,15,21-23,25-28,32-37,40-44,49,51-52,55,60,64,81-83,88H,5-8,10,12,14,16-20,24,29-31,38-39,45-48,50,53-54,56-59,61-63,65-80H2,1-4H3,(H,93,94)(H,95,96)/b13-9-,15-11-,25-21-,26-22-,27-23-,32-28-,36-33-,37-34-,42-40-,43-41-,44-35-,52-49-,55-51-,64-60-. The predicted octanol–water partition coefficient (Wildman–Crippen LogP) is 23.8. The third kappa shape index (κ3) is 76.6. The Morgan fingerprint density at radius 2 is 0.509 bits per heavy atom. The van der Waals surface area contributed by atoms with E-state index in [1.54, 1.807) is 0 Å². The van der Waals surface area contributed by atoms with Gasteiger partial charge in [-0.3, -0.25) is 37.3 Å². The van der Waals surface area contributed by atoms with Crippen LogP contribution in [0.4, 0.5) is 0 Å². The first kappa shape index (κ1) is 100. The Kier molecular flexibility index (Phi) is 73.5. The molecule has 19 heteroatoms. The van der Waals surface area contributed by atoms with Crippen LogP contribution in [0.1, 0.15) is 297 Å². The second kappa shape index (κ2) is 77.6. The van der Waals surface area contributed by atoms with Gasteiger partial charge >= 0.3 is 39.5 Å². The SMILES string of the molecule is CC/C=C\C/C=C\C/C=C\C/C=C\C/C=C\C/C=C\CCC(=O)OCC(COP(=O)(O)OCC(O)COP(=O)(O)OCC(COC(=O)CCCC/C=C\C/C=C\C/C=C\C/C=C\CC)OC(=O)CCCCCCC/C=C\CCCCCC)OC(=O)CCCCCCCC/C=C\C/C=C\C/C=C\CCCCC. The Morgan fingerprint density at radius 3 is 0.858 bits per heavy atom. The molecule has 0 saturated heterocycles. The molecule has 0 rings (SSSR count). The number of hydrogen-bond donors (Lipinski definition) is 3. The van der Waals surface area contributed by atoms with Gasteiger partial charge in [-0.2, -0.15) is 0 Å². The molecule has 17 nitrogen and oxygen atoms in total. The number of hydrogen-bond acceptors (Lipinski definition) is 15. The normalized spacial score (nSPS) is 14.7. The Morgan fingerprint density at radius 1 is 0.274 bits per heavy atom. The predicted molar refractivity (Wildman–Crippen MR) is 436 cm³/mol. The molecule has 0 bridgehead atoms. The van der Waals surface area contributed by atoms with E-state index >= 15 is 0 Å². The van der Waals surface area contributed by atoms with Gasteiger partial charge in [0.1, 0.15) is 19.3 Å². The molecule has 0 heterocycles. The van der Waals surface area contributed by atoms with Gasteiger partial charge in [0, 0.05) is 25.7 Å². The van der Waals surface area contributed by atoms with Crippen molar-refractivity contribution in [3.8, 4) is 0 Å². The van der Waals surface area contributed by atoms with Crippen LogP contribution in [0, 0.1) is 0 Å². The average Bonchev–Trinajstić information content (AvgIpc) is 0.903. The minimum Gasteiger partial charge on any atom is -0.462 e. The number of ether oxygens (including phenoxy) is 4. The number of carbonyl (C=O) groups excluding carboxylic acids is 4. The van der Waals surface area contributed by atoms with Crippen LogP contribution in [0.15, 0.2) is 170 Å². The van der Waals surface area contributed by atoms with Crippen LogP contribution in [0.3, 0.4) is 0 Å². The molecule has 0 aliphatic rings. The molecule has 0 spiro atoms. The van der Waals surface area contributed by atoms with Crippen molar-refractivity contribution in [3.63, 3.8) is 0 Å². The first-order chi connectivity index (χ1) is 51.7. The lowest BCUT2D eigenvalue weighted by atomic mass is 10.1. The van der Waals surface area contributed by atoms with Crippen molar-refractivity contribution in [3.05, 3.63) is 170 Å². The van der Waals surface area contributed by atoms with Crippen LogP contribution in [-0.4, -0.2) is 96.7 Å². The molecular weight excluding hydrogens is 1380 g/mol. The number of esters is 4. The molecule has 0 aromatic rings. The molecule has 0 aliphatic carbocycles. The summed E-state index contributed by atoms with van der Waals surface area (Å²) in [7, 11) is -10.0. The zero-order chi connectivity index (χ0) is 77.4. The van der Waals surface area contributed by atoms with E-state index in [2.05, 4.69) is 180 Å². The van der Waals surface area contributed by atoms with Gasteiger partial charge in [0.2, 0.25) is 0 Å². The number of phosphoric acid groups is 2. The molecule has 0 aromatic heterocycles. The maximum atomic E-state index is 13.1. The summed E-state index contributed by atoms with van der Waals surface area (Å²) in [5.41, 5.74) is 0. The summed E-state index contributed by atoms with van der Waals surface area (Å²) in [5, 5.41) is 10.6. The first-order valence-corrected chi connectivity index (χ1v) is 43.4. The third-order valence-electron chi connectivity index (χ3n) is 16.2. The summed E-state index contributed by atoms with van der Waals surface area (Å²) in [4.78, 5) is 73.0. The van der Waals surface area contributed by atoms with E-state index in [9.17, 15) is 43.2 Å². The van der Waals surface area contributed by atoms with Gasteiger partial charge in [0.25, 0.3) is 0 Å². The van der Waals surface area contributed by atoms with E-state index < -0.39 is 97.5 Å². The maximum absolute atomic E-state index is 13.1. The van der Waals surface area contributed by atoms with Gasteiger partial charge in [0.15, 0.2) is 12.2 Å². The molecule has 602 valence electrons. The number of aliphatic hydroxyl groups excluding tert-OH is 1. The Hall–Kier alpha value is -5.58. The molecule has 0 aliphatic heterocycles. The molecule has 5 unspecified atom stereocenters. The smallest absolute Gasteiger partial charge is 0.462 e. The number of rotatable bonds is 74. The quantitative estimate of drug-likeness (QED) is 0.0169. The molecule has 0 amide bonds. The molecule has 106 heavy (non-hydrogen) atoms. The van der Waals surface area contributed by atoms with Crippen LogP contribution in [0.5, 0.6) is 0 Å². The van der Waals surface area contributed by atoms with Gasteiger partial charge in [-0.15, -0.1) is 0 Å². The van der Waals surface area contributed by atoms with Crippen LogP contribution >= 0.6 is 15.6 Å². The van der Waals surface area contributed by atoms with E-state index in [0.717, 1.165) is 167 Å². The summed E-state index contributed by atoms with van der Waals surface area (Å²) in [6, 6.07) is 0. The second-order valence-corrected chi connectivity index (χ2v) is 29.1. The lowest BCUT2D eigenvalue weighted by molar-refractivity contribution is -0.161. The summed E-state index contributed by atoms with van der Waals surface area (Å²) in [6.07, 6.45) is 92.1. The molecular formula is C87H142O17P2. The summed E-state index contributed by atoms with van der Waals surface area (Å²) in [6.45, 7) is 4.44. The Bertz CT molecular complexity index is 2680. The monoisotopic (exact) mass is 1520 g/mol. The van der Waals surface area contributed by atoms with Gasteiger partial charge in [0.05, 0.1) is 26.4 Å². The van der Waals surface area contributed by atoms with Gasteiger partial charge in [-0.25, -0.2) is 9.13 Å². The number of aliphatic hydroxyl groups is 1. The highest BCUT2D eigenvalue weighted by molar-refractivity contribution is 7.47. The van der Waals surface area contributed by atoms with Crippen molar-refractivity contribution in [1.82, 2.24) is 0 Å². The number of phosphoric ester groups is 2. The highest BCUT2D eigenvalue weighted by atomic mass is 31.2. The molecule has 0 aromatic carbocycles. The summed E-state index contributed by atoms with van der Waals surface area (Å²) >= 11 is 0. The van der Waals surface area contributed by atoms with Crippen molar-refractivity contribution in [2.24, 2.45) is 0 Å². The fraction of sp³-hybridized carbons (Fsp3) is 0.632. The fourth-order valence-electron chi connectivity index (χ4n) is 10.1. The number of carbonyl (C=O) groups is 4. The number of unbranched alkanes of at least 4 members (excludes halogenated alkanes) is 20. The van der Waals surface area contributed by atoms with Crippen LogP contribution in [-0.2, 0) is 65.4 Å². The van der Waals surface area contributed by atoms with Crippen molar-refractivity contribution in [1.29, 1.82) is 0 Å². The Labute approximate surface area is 642 Å². The van der Waals surface area contributed by atoms with Gasteiger partial charge in [-0.05, 0) is 167 Å². The molecule has 0 radical (unpaired) electrons. The van der Waals surface area contributed by atoms with Crippen molar-refractivity contribution in [2.75, 3.05) is 39.6 Å². The topological polar surface area (TPSA) is 237 Å². The van der Waals surface area contributed by atoms with Crippen molar-refractivity contribution in [2.45, 2.75) is 316 Å². The van der Waals surface area contributed by atoms with Crippen molar-refractivity contribution < 1.29 is 80.2 Å². The van der Waals surface area contributed by atoms with E-state index in [1.807, 2.05) is 18.2 Å². The zero-order valence-corrected chi connectivity index (χ0v) is 67.6. The largest absolute Gasteiger partial charge is 0.472 e. The van der Waals surface area contributed by atoms with E-state index in [1.165, 1.54) is 44.9 Å². The minimum absolute atomic E-state index is 0.0265. The third-order valence-corrected chi connectivity index (χ3v) is 18.1. The molecule has 0 saturated carbocycles. The van der Waals surface area contributed by atoms with Crippen LogP contribution < -0.4 is 0 Å². The van der Waals surface area contributed by atoms with E-state index in [4.69, 9.17) is 37.0 Å². The minimum atomic E-state index is -5.01. The summed E-state index contributed by atoms with van der Waals surface area (Å²) < 4.78 is 68.5. The second-order valence-electron chi connectivity index (χ2n) is 26.2. The Balaban J connectivity index is 5.49. The van der Waals surface area contributed by atoms with Gasteiger partial charge < -0.3 is 33.8 Å². The fourth-order valence-corrected chi connectivity index (χ4v) is 11.6. The van der Waals surface area contributed by atoms with Gasteiger partial charge in [-0.1, -0.05) is 275 Å². The van der Waals surface area contributed by atoms with E-state index in [0.29, 0.717) is 32.1 Å². The maximum Gasteiger partial charge on any atom is 0.472 e. The average molecular weight is 1520 g/mol. The number of allylic oxidation sites excluding steroid dienone is 28. The highest BCUT2D eigenvalue weighted by Gasteiger charge is 2.30. The molecule has 5 atom stereocenters. The van der Waals surface area contributed by atoms with Crippen molar-refractivity contribution >= 4 is 39.5 Å². The molecule has 3 N–H and O–H groups in total.